The van der Waals surface area contributed by atoms with Crippen molar-refractivity contribution < 1.29 is 4.79 Å². The van der Waals surface area contributed by atoms with Crippen molar-refractivity contribution in [1.29, 1.82) is 0 Å². The second-order valence-corrected chi connectivity index (χ2v) is 5.92. The van der Waals surface area contributed by atoms with Crippen molar-refractivity contribution in [3.63, 3.8) is 0 Å². The van der Waals surface area contributed by atoms with Gasteiger partial charge in [-0.1, -0.05) is 30.3 Å². The molecule has 0 aliphatic carbocycles. The average molecular weight is 308 g/mol. The van der Waals surface area contributed by atoms with Crippen LogP contribution in [0.3, 0.4) is 0 Å². The lowest BCUT2D eigenvalue weighted by atomic mass is 10.1. The first kappa shape index (κ1) is 14.5. The van der Waals surface area contributed by atoms with Crippen LogP contribution in [0.25, 0.3) is 11.1 Å². The zero-order valence-electron chi connectivity index (χ0n) is 12.2. The molecule has 110 valence electrons. The smallest absolute Gasteiger partial charge is 0.262 e. The predicted octanol–water partition coefficient (Wildman–Crippen LogP) is 4.30. The summed E-state index contributed by atoms with van der Waals surface area (Å²) < 4.78 is 0. The molecule has 0 spiro atoms. The molecule has 1 aromatic carbocycles. The maximum Gasteiger partial charge on any atom is 0.262 e. The molecule has 3 nitrogen and oxygen atoms in total. The first-order chi connectivity index (χ1) is 10.8. The van der Waals surface area contributed by atoms with Gasteiger partial charge in [-0.3, -0.25) is 9.78 Å². The lowest BCUT2D eigenvalue weighted by molar-refractivity contribution is 0.0944. The Morgan fingerprint density at radius 1 is 1.09 bits per heavy atom. The molecule has 3 rings (SSSR count). The fourth-order valence-corrected chi connectivity index (χ4v) is 3.15. The first-order valence-electron chi connectivity index (χ1n) is 7.09. The summed E-state index contributed by atoms with van der Waals surface area (Å²) in [6.45, 7) is 1.98. The number of hydrogen-bond acceptors (Lipinski definition) is 3. The second kappa shape index (κ2) is 6.54. The minimum absolute atomic E-state index is 0.0434. The number of thiophene rings is 1. The summed E-state index contributed by atoms with van der Waals surface area (Å²) in [5.74, 6) is -0.0434. The summed E-state index contributed by atoms with van der Waals surface area (Å²) in [6, 6.07) is 15.7. The zero-order chi connectivity index (χ0) is 15.4. The number of hydrogen-bond donors (Lipinski definition) is 1. The van der Waals surface area contributed by atoms with E-state index in [0.717, 1.165) is 21.6 Å². The van der Waals surface area contributed by atoms with E-state index in [4.69, 9.17) is 0 Å². The van der Waals surface area contributed by atoms with Crippen molar-refractivity contribution in [2.75, 3.05) is 0 Å². The summed E-state index contributed by atoms with van der Waals surface area (Å²) in [4.78, 5) is 17.3. The van der Waals surface area contributed by atoms with Crippen LogP contribution in [0.1, 0.15) is 28.2 Å². The van der Waals surface area contributed by atoms with Gasteiger partial charge in [0.25, 0.3) is 5.91 Å². The Morgan fingerprint density at radius 2 is 1.82 bits per heavy atom. The van der Waals surface area contributed by atoms with Gasteiger partial charge < -0.3 is 5.32 Å². The molecule has 1 atom stereocenters. The van der Waals surface area contributed by atoms with Crippen molar-refractivity contribution in [2.45, 2.75) is 13.0 Å². The first-order valence-corrected chi connectivity index (χ1v) is 7.97. The Labute approximate surface area is 133 Å². The zero-order valence-corrected chi connectivity index (χ0v) is 13.0. The predicted molar refractivity (Wildman–Crippen MR) is 89.9 cm³/mol. The molecular weight excluding hydrogens is 292 g/mol. The molecule has 4 heteroatoms. The SMILES string of the molecule is CC(NC(=O)c1sccc1-c1ccccc1)c1ccncc1. The van der Waals surface area contributed by atoms with Gasteiger partial charge in [0.05, 0.1) is 10.9 Å². The molecule has 1 amide bonds. The van der Waals surface area contributed by atoms with Gasteiger partial charge in [0.1, 0.15) is 0 Å². The van der Waals surface area contributed by atoms with Crippen LogP contribution in [0.5, 0.6) is 0 Å². The molecule has 0 saturated carbocycles. The Balaban J connectivity index is 1.81. The third-order valence-electron chi connectivity index (χ3n) is 3.51. The average Bonchev–Trinajstić information content (AvgIpc) is 3.06. The van der Waals surface area contributed by atoms with Crippen LogP contribution in [0.15, 0.2) is 66.3 Å². The van der Waals surface area contributed by atoms with Crippen LogP contribution in [-0.4, -0.2) is 10.9 Å². The normalized spacial score (nSPS) is 11.9. The van der Waals surface area contributed by atoms with Crippen LogP contribution in [0, 0.1) is 0 Å². The van der Waals surface area contributed by atoms with E-state index < -0.39 is 0 Å². The van der Waals surface area contributed by atoms with E-state index in [1.165, 1.54) is 11.3 Å². The maximum absolute atomic E-state index is 12.6. The minimum Gasteiger partial charge on any atom is -0.345 e. The van der Waals surface area contributed by atoms with Gasteiger partial charge in [0, 0.05) is 18.0 Å². The van der Waals surface area contributed by atoms with Gasteiger partial charge in [-0.25, -0.2) is 0 Å². The van der Waals surface area contributed by atoms with Gasteiger partial charge in [0.15, 0.2) is 0 Å². The van der Waals surface area contributed by atoms with Gasteiger partial charge in [-0.2, -0.15) is 0 Å². The second-order valence-electron chi connectivity index (χ2n) is 5.01. The third kappa shape index (κ3) is 3.07. The largest absolute Gasteiger partial charge is 0.345 e. The van der Waals surface area contributed by atoms with E-state index in [-0.39, 0.29) is 11.9 Å². The summed E-state index contributed by atoms with van der Waals surface area (Å²) >= 11 is 1.47. The fraction of sp³-hybridized carbons (Fsp3) is 0.111. The van der Waals surface area contributed by atoms with Crippen molar-refractivity contribution in [2.24, 2.45) is 0 Å². The Morgan fingerprint density at radius 3 is 2.55 bits per heavy atom. The van der Waals surface area contributed by atoms with E-state index in [2.05, 4.69) is 10.3 Å². The van der Waals surface area contributed by atoms with Gasteiger partial charge in [-0.15, -0.1) is 11.3 Å². The number of pyridine rings is 1. The number of benzene rings is 1. The van der Waals surface area contributed by atoms with E-state index in [1.807, 2.05) is 60.8 Å². The number of nitrogens with one attached hydrogen (secondary N) is 1. The molecule has 1 unspecified atom stereocenters. The Kier molecular flexibility index (Phi) is 4.30. The van der Waals surface area contributed by atoms with Crippen LogP contribution < -0.4 is 5.32 Å². The van der Waals surface area contributed by atoms with Crippen LogP contribution >= 0.6 is 11.3 Å². The topological polar surface area (TPSA) is 42.0 Å². The maximum atomic E-state index is 12.6. The third-order valence-corrected chi connectivity index (χ3v) is 4.42. The van der Waals surface area contributed by atoms with Crippen molar-refractivity contribution >= 4 is 17.2 Å². The molecular formula is C18H16N2OS. The molecule has 2 heterocycles. The monoisotopic (exact) mass is 308 g/mol. The summed E-state index contributed by atoms with van der Waals surface area (Å²) in [5, 5.41) is 5.01. The molecule has 0 fully saturated rings. The lowest BCUT2D eigenvalue weighted by Gasteiger charge is -2.14. The van der Waals surface area contributed by atoms with Gasteiger partial charge >= 0.3 is 0 Å². The summed E-state index contributed by atoms with van der Waals surface area (Å²) in [5.41, 5.74) is 3.08. The molecule has 2 aromatic heterocycles. The minimum atomic E-state index is -0.0544. The van der Waals surface area contributed by atoms with Crippen LogP contribution in [-0.2, 0) is 0 Å². The highest BCUT2D eigenvalue weighted by molar-refractivity contribution is 7.12. The van der Waals surface area contributed by atoms with Crippen LogP contribution in [0.2, 0.25) is 0 Å². The highest BCUT2D eigenvalue weighted by Crippen LogP contribution is 2.28. The van der Waals surface area contributed by atoms with E-state index in [9.17, 15) is 4.79 Å². The molecule has 1 N–H and O–H groups in total. The van der Waals surface area contributed by atoms with E-state index >= 15 is 0 Å². The van der Waals surface area contributed by atoms with E-state index in [0.29, 0.717) is 0 Å². The highest BCUT2D eigenvalue weighted by atomic mass is 32.1. The number of nitrogens with zero attached hydrogens (tertiary/aromatic N) is 1. The Bertz CT molecular complexity index is 753. The number of aromatic nitrogens is 1. The molecule has 0 radical (unpaired) electrons. The lowest BCUT2D eigenvalue weighted by Crippen LogP contribution is -2.26. The van der Waals surface area contributed by atoms with Crippen molar-refractivity contribution in [3.8, 4) is 11.1 Å². The number of amides is 1. The fourth-order valence-electron chi connectivity index (χ4n) is 2.33. The standard InChI is InChI=1S/C18H16N2OS/c1-13(14-7-10-19-11-8-14)20-18(21)17-16(9-12-22-17)15-5-3-2-4-6-15/h2-13H,1H3,(H,20,21). The highest BCUT2D eigenvalue weighted by Gasteiger charge is 2.17. The molecule has 0 aliphatic rings. The quantitative estimate of drug-likeness (QED) is 0.780. The van der Waals surface area contributed by atoms with Crippen molar-refractivity contribution in [1.82, 2.24) is 10.3 Å². The summed E-state index contributed by atoms with van der Waals surface area (Å²) in [6.07, 6.45) is 3.47. The van der Waals surface area contributed by atoms with E-state index in [1.54, 1.807) is 12.4 Å². The molecule has 3 aromatic rings. The van der Waals surface area contributed by atoms with Crippen molar-refractivity contribution in [3.05, 3.63) is 76.7 Å². The molecule has 22 heavy (non-hydrogen) atoms. The Hall–Kier alpha value is -2.46. The molecule has 0 bridgehead atoms. The number of carbonyl (C=O) groups is 1. The number of carbonyl (C=O) groups excluding carboxylic acids is 1. The molecule has 0 aliphatic heterocycles. The number of rotatable bonds is 4. The molecule has 0 saturated heterocycles. The van der Waals surface area contributed by atoms with Crippen LogP contribution in [0.4, 0.5) is 0 Å². The summed E-state index contributed by atoms with van der Waals surface area (Å²) in [7, 11) is 0. The van der Waals surface area contributed by atoms with Gasteiger partial charge in [-0.05, 0) is 41.6 Å². The van der Waals surface area contributed by atoms with Gasteiger partial charge in [0.2, 0.25) is 0 Å².